The van der Waals surface area contributed by atoms with E-state index in [0.717, 1.165) is 25.0 Å². The van der Waals surface area contributed by atoms with Crippen LogP contribution < -0.4 is 15.5 Å². The molecule has 1 fully saturated rings. The SMILES string of the molecule is O=C(COc1ccc(/C=N/NC(=O)c2ccccc2)cc1)NC[C@H]1CCCO1. The zero-order chi connectivity index (χ0) is 19.6. The van der Waals surface area contributed by atoms with Crippen LogP contribution in [0.1, 0.15) is 28.8 Å². The van der Waals surface area contributed by atoms with Gasteiger partial charge in [-0.15, -0.1) is 0 Å². The van der Waals surface area contributed by atoms with Gasteiger partial charge in [-0.2, -0.15) is 5.10 Å². The van der Waals surface area contributed by atoms with Crippen LogP contribution in [0, 0.1) is 0 Å². The van der Waals surface area contributed by atoms with Gasteiger partial charge in [-0.05, 0) is 54.8 Å². The molecule has 7 heteroatoms. The van der Waals surface area contributed by atoms with Crippen LogP contribution in [0.3, 0.4) is 0 Å². The van der Waals surface area contributed by atoms with Gasteiger partial charge in [-0.3, -0.25) is 9.59 Å². The molecule has 2 aromatic rings. The van der Waals surface area contributed by atoms with Crippen molar-refractivity contribution in [3.63, 3.8) is 0 Å². The normalized spacial score (nSPS) is 16.1. The highest BCUT2D eigenvalue weighted by atomic mass is 16.5. The summed E-state index contributed by atoms with van der Waals surface area (Å²) in [5.41, 5.74) is 3.81. The van der Waals surface area contributed by atoms with E-state index >= 15 is 0 Å². The summed E-state index contributed by atoms with van der Waals surface area (Å²) in [6.45, 7) is 1.24. The van der Waals surface area contributed by atoms with Crippen molar-refractivity contribution in [2.24, 2.45) is 5.10 Å². The Morgan fingerprint density at radius 2 is 1.93 bits per heavy atom. The maximum atomic E-state index is 11.9. The Labute approximate surface area is 163 Å². The van der Waals surface area contributed by atoms with Crippen molar-refractivity contribution in [2.75, 3.05) is 19.8 Å². The predicted molar refractivity (Wildman–Crippen MR) is 105 cm³/mol. The molecule has 7 nitrogen and oxygen atoms in total. The van der Waals surface area contributed by atoms with Gasteiger partial charge in [0.25, 0.3) is 11.8 Å². The third-order valence-electron chi connectivity index (χ3n) is 4.22. The molecule has 0 bridgehead atoms. The van der Waals surface area contributed by atoms with Crippen LogP contribution in [0.4, 0.5) is 0 Å². The summed E-state index contributed by atoms with van der Waals surface area (Å²) >= 11 is 0. The second-order valence-corrected chi connectivity index (χ2v) is 6.36. The zero-order valence-corrected chi connectivity index (χ0v) is 15.5. The van der Waals surface area contributed by atoms with Gasteiger partial charge in [0.2, 0.25) is 0 Å². The number of carbonyl (C=O) groups is 2. The number of hydrogen-bond donors (Lipinski definition) is 2. The zero-order valence-electron chi connectivity index (χ0n) is 15.5. The fourth-order valence-corrected chi connectivity index (χ4v) is 2.70. The van der Waals surface area contributed by atoms with E-state index in [2.05, 4.69) is 15.8 Å². The Balaban J connectivity index is 1.39. The second kappa shape index (κ2) is 10.2. The Bertz CT molecular complexity index is 800. The number of hydrazone groups is 1. The summed E-state index contributed by atoms with van der Waals surface area (Å²) in [7, 11) is 0. The molecular weight excluding hydrogens is 358 g/mol. The van der Waals surface area contributed by atoms with Crippen molar-refractivity contribution in [2.45, 2.75) is 18.9 Å². The van der Waals surface area contributed by atoms with Crippen LogP contribution in [0.5, 0.6) is 5.75 Å². The van der Waals surface area contributed by atoms with Gasteiger partial charge < -0.3 is 14.8 Å². The Kier molecular flexibility index (Phi) is 7.14. The lowest BCUT2D eigenvalue weighted by molar-refractivity contribution is -0.123. The van der Waals surface area contributed by atoms with E-state index in [1.807, 2.05) is 6.07 Å². The Hall–Kier alpha value is -3.19. The average molecular weight is 381 g/mol. The summed E-state index contributed by atoms with van der Waals surface area (Å²) in [5, 5.41) is 6.75. The van der Waals surface area contributed by atoms with Gasteiger partial charge in [0.1, 0.15) is 5.75 Å². The van der Waals surface area contributed by atoms with E-state index in [1.165, 1.54) is 0 Å². The molecule has 146 valence electrons. The number of rotatable bonds is 8. The maximum absolute atomic E-state index is 11.9. The number of nitrogens with zero attached hydrogens (tertiary/aromatic N) is 1. The van der Waals surface area contributed by atoms with Gasteiger partial charge in [-0.1, -0.05) is 18.2 Å². The topological polar surface area (TPSA) is 89.0 Å². The molecule has 2 aromatic carbocycles. The van der Waals surface area contributed by atoms with Crippen molar-refractivity contribution in [3.05, 3.63) is 65.7 Å². The van der Waals surface area contributed by atoms with Gasteiger partial charge in [0.15, 0.2) is 6.61 Å². The molecule has 0 radical (unpaired) electrons. The van der Waals surface area contributed by atoms with Crippen molar-refractivity contribution in [1.29, 1.82) is 0 Å². The summed E-state index contributed by atoms with van der Waals surface area (Å²) < 4.78 is 10.9. The molecule has 3 rings (SSSR count). The predicted octanol–water partition coefficient (Wildman–Crippen LogP) is 2.12. The quantitative estimate of drug-likeness (QED) is 0.542. The molecule has 2 amide bonds. The molecule has 28 heavy (non-hydrogen) atoms. The van der Waals surface area contributed by atoms with E-state index in [0.29, 0.717) is 17.9 Å². The molecule has 0 aromatic heterocycles. The standard InChI is InChI=1S/C21H23N3O4/c25-20(22-14-19-7-4-12-27-19)15-28-18-10-8-16(9-11-18)13-23-24-21(26)17-5-2-1-3-6-17/h1-3,5-6,8-11,13,19H,4,7,12,14-15H2,(H,22,25)(H,24,26)/b23-13+/t19-/m1/s1. The summed E-state index contributed by atoms with van der Waals surface area (Å²) in [6, 6.07) is 15.9. The first-order valence-corrected chi connectivity index (χ1v) is 9.20. The Morgan fingerprint density at radius 1 is 1.14 bits per heavy atom. The van der Waals surface area contributed by atoms with Crippen molar-refractivity contribution >= 4 is 18.0 Å². The molecule has 1 aliphatic rings. The summed E-state index contributed by atoms with van der Waals surface area (Å²) in [4.78, 5) is 23.7. The van der Waals surface area contributed by atoms with Gasteiger partial charge in [0, 0.05) is 18.7 Å². The monoisotopic (exact) mass is 381 g/mol. The van der Waals surface area contributed by atoms with Crippen LogP contribution >= 0.6 is 0 Å². The van der Waals surface area contributed by atoms with Crippen LogP contribution in [0.2, 0.25) is 0 Å². The molecule has 0 spiro atoms. The van der Waals surface area contributed by atoms with Gasteiger partial charge >= 0.3 is 0 Å². The lowest BCUT2D eigenvalue weighted by Gasteiger charge is -2.11. The molecule has 1 saturated heterocycles. The molecule has 0 unspecified atom stereocenters. The van der Waals surface area contributed by atoms with Crippen LogP contribution in [-0.2, 0) is 9.53 Å². The highest BCUT2D eigenvalue weighted by molar-refractivity contribution is 5.94. The molecule has 0 aliphatic carbocycles. The van der Waals surface area contributed by atoms with Crippen molar-refractivity contribution in [3.8, 4) is 5.75 Å². The van der Waals surface area contributed by atoms with E-state index in [9.17, 15) is 9.59 Å². The number of hydrogen-bond acceptors (Lipinski definition) is 5. The number of amides is 2. The maximum Gasteiger partial charge on any atom is 0.271 e. The lowest BCUT2D eigenvalue weighted by atomic mass is 10.2. The minimum Gasteiger partial charge on any atom is -0.484 e. The van der Waals surface area contributed by atoms with Crippen molar-refractivity contribution in [1.82, 2.24) is 10.7 Å². The van der Waals surface area contributed by atoms with Crippen molar-refractivity contribution < 1.29 is 19.1 Å². The molecule has 1 aliphatic heterocycles. The number of carbonyl (C=O) groups excluding carboxylic acids is 2. The molecular formula is C21H23N3O4. The van der Waals surface area contributed by atoms with E-state index < -0.39 is 0 Å². The van der Waals surface area contributed by atoms with Crippen LogP contribution in [0.15, 0.2) is 59.7 Å². The Morgan fingerprint density at radius 3 is 2.64 bits per heavy atom. The fraction of sp³-hybridized carbons (Fsp3) is 0.286. The first-order chi connectivity index (χ1) is 13.7. The first kappa shape index (κ1) is 19.6. The fourth-order valence-electron chi connectivity index (χ4n) is 2.70. The van der Waals surface area contributed by atoms with Gasteiger partial charge in [-0.25, -0.2) is 5.43 Å². The molecule has 0 saturated carbocycles. The van der Waals surface area contributed by atoms with E-state index in [1.54, 1.807) is 54.7 Å². The molecule has 1 heterocycles. The van der Waals surface area contributed by atoms with Crippen LogP contribution in [0.25, 0.3) is 0 Å². The second-order valence-electron chi connectivity index (χ2n) is 6.36. The minimum atomic E-state index is -0.272. The van der Waals surface area contributed by atoms with E-state index in [-0.39, 0.29) is 24.5 Å². The minimum absolute atomic E-state index is 0.0483. The number of nitrogens with one attached hydrogen (secondary N) is 2. The smallest absolute Gasteiger partial charge is 0.271 e. The molecule has 2 N–H and O–H groups in total. The van der Waals surface area contributed by atoms with Crippen LogP contribution in [-0.4, -0.2) is 43.9 Å². The number of benzene rings is 2. The summed E-state index contributed by atoms with van der Waals surface area (Å²) in [6.07, 6.45) is 3.68. The summed E-state index contributed by atoms with van der Waals surface area (Å²) in [5.74, 6) is 0.133. The average Bonchev–Trinajstić information content (AvgIpc) is 3.26. The lowest BCUT2D eigenvalue weighted by Crippen LogP contribution is -2.35. The highest BCUT2D eigenvalue weighted by Crippen LogP contribution is 2.12. The number of ether oxygens (including phenoxy) is 2. The highest BCUT2D eigenvalue weighted by Gasteiger charge is 2.16. The van der Waals surface area contributed by atoms with Gasteiger partial charge in [0.05, 0.1) is 12.3 Å². The largest absolute Gasteiger partial charge is 0.484 e. The first-order valence-electron chi connectivity index (χ1n) is 9.20. The van der Waals surface area contributed by atoms with E-state index in [4.69, 9.17) is 9.47 Å². The molecule has 1 atom stereocenters. The third-order valence-corrected chi connectivity index (χ3v) is 4.22. The third kappa shape index (κ3) is 6.21.